The number of rotatable bonds is 31. The molecule has 1 heterocycles. The first-order chi connectivity index (χ1) is 40.2. The van der Waals surface area contributed by atoms with E-state index in [2.05, 4.69) is 42.2 Å². The molecule has 22 nitrogen and oxygen atoms in total. The van der Waals surface area contributed by atoms with Crippen LogP contribution < -0.4 is 54.4 Å². The molecule has 1 aromatic heterocycles. The van der Waals surface area contributed by atoms with E-state index in [4.69, 9.17) is 28.8 Å². The van der Waals surface area contributed by atoms with Crippen molar-refractivity contribution < 1.29 is 53.7 Å². The van der Waals surface area contributed by atoms with E-state index in [1.165, 1.54) is 26.0 Å². The maximum Gasteiger partial charge on any atom is 0.245 e. The van der Waals surface area contributed by atoms with E-state index in [9.17, 15) is 53.7 Å². The molecule has 8 amide bonds. The lowest BCUT2D eigenvalue weighted by Gasteiger charge is -2.29. The van der Waals surface area contributed by atoms with E-state index < -0.39 is 108 Å². The van der Waals surface area contributed by atoms with Gasteiger partial charge in [0.1, 0.15) is 48.0 Å². The van der Waals surface area contributed by atoms with Crippen molar-refractivity contribution in [2.45, 2.75) is 126 Å². The summed E-state index contributed by atoms with van der Waals surface area (Å²) in [5.74, 6) is -7.10. The van der Waals surface area contributed by atoms with Crippen LogP contribution in [0.2, 0.25) is 5.02 Å². The number of nitrogens with two attached hydrogens (primary N) is 3. The van der Waals surface area contributed by atoms with Crippen LogP contribution in [0.15, 0.2) is 140 Å². The monoisotopic (exact) mass is 1170 g/mol. The van der Waals surface area contributed by atoms with Crippen molar-refractivity contribution >= 4 is 69.8 Å². The molecule has 446 valence electrons. The lowest BCUT2D eigenvalue weighted by molar-refractivity contribution is -0.137. The summed E-state index contributed by atoms with van der Waals surface area (Å²) in [5.41, 5.74) is 21.4. The second-order valence-corrected chi connectivity index (χ2v) is 21.1. The number of benzene rings is 5. The van der Waals surface area contributed by atoms with Crippen molar-refractivity contribution in [3.8, 4) is 5.75 Å². The van der Waals surface area contributed by atoms with Gasteiger partial charge in [-0.2, -0.15) is 0 Å². The molecule has 0 aliphatic heterocycles. The zero-order chi connectivity index (χ0) is 60.9. The third kappa shape index (κ3) is 19.5. The largest absolute Gasteiger partial charge is 0.508 e. The van der Waals surface area contributed by atoms with Crippen molar-refractivity contribution in [2.24, 2.45) is 17.2 Å². The van der Waals surface area contributed by atoms with Crippen molar-refractivity contribution in [3.63, 3.8) is 0 Å². The first kappa shape index (κ1) is 64.5. The van der Waals surface area contributed by atoms with Crippen molar-refractivity contribution in [1.29, 1.82) is 0 Å². The molecule has 6 rings (SSSR count). The Morgan fingerprint density at radius 3 is 1.43 bits per heavy atom. The minimum atomic E-state index is -1.74. The number of aliphatic hydroxyl groups is 2. The topological polar surface area (TPSA) is 375 Å². The normalized spacial score (nSPS) is 14.8. The lowest BCUT2D eigenvalue weighted by atomic mass is 9.99. The zero-order valence-corrected chi connectivity index (χ0v) is 47.4. The fourth-order valence-corrected chi connectivity index (χ4v) is 9.48. The van der Waals surface area contributed by atoms with Gasteiger partial charge in [-0.25, -0.2) is 0 Å². The van der Waals surface area contributed by atoms with Gasteiger partial charge in [-0.05, 0) is 104 Å². The van der Waals surface area contributed by atoms with Gasteiger partial charge in [0.15, 0.2) is 0 Å². The second-order valence-electron chi connectivity index (χ2n) is 20.7. The fourth-order valence-electron chi connectivity index (χ4n) is 9.35. The van der Waals surface area contributed by atoms with Crippen molar-refractivity contribution in [2.75, 3.05) is 6.54 Å². The summed E-state index contributed by atoms with van der Waals surface area (Å²) >= 11 is 6.19. The molecule has 0 unspecified atom stereocenters. The summed E-state index contributed by atoms with van der Waals surface area (Å²) in [5, 5.41) is 51.1. The van der Waals surface area contributed by atoms with Gasteiger partial charge in [-0.15, -0.1) is 0 Å². The third-order valence-electron chi connectivity index (χ3n) is 14.0. The summed E-state index contributed by atoms with van der Waals surface area (Å²) in [4.78, 5) is 116. The molecule has 6 aromatic rings. The fraction of sp³-hybridized carbons (Fsp3) is 0.344. The highest BCUT2D eigenvalue weighted by molar-refractivity contribution is 6.30. The Morgan fingerprint density at radius 2 is 0.905 bits per heavy atom. The molecule has 0 aliphatic carbocycles. The number of amides is 8. The molecule has 0 bridgehead atoms. The first-order valence-electron chi connectivity index (χ1n) is 27.6. The number of aromatic amines is 1. The molecular weight excluding hydrogens is 1100 g/mol. The van der Waals surface area contributed by atoms with E-state index in [0.29, 0.717) is 44.6 Å². The zero-order valence-electron chi connectivity index (χ0n) is 46.6. The predicted octanol–water partition coefficient (Wildman–Crippen LogP) is 1.14. The highest BCUT2D eigenvalue weighted by atomic mass is 35.5. The summed E-state index contributed by atoms with van der Waals surface area (Å²) in [7, 11) is 0. The number of fused-ring (bicyclic) bond motifs is 1. The van der Waals surface area contributed by atoms with Gasteiger partial charge in [-0.3, -0.25) is 38.4 Å². The average Bonchev–Trinajstić information content (AvgIpc) is 3.96. The molecule has 10 atom stereocenters. The highest BCUT2D eigenvalue weighted by Gasteiger charge is 2.37. The Balaban J connectivity index is 1.29. The number of carbonyl (C=O) groups excluding carboxylic acids is 8. The number of carbonyl (C=O) groups is 8. The molecule has 17 N–H and O–H groups in total. The summed E-state index contributed by atoms with van der Waals surface area (Å²) < 4.78 is 0. The second kappa shape index (κ2) is 31.7. The standard InChI is InChI=1S/C61H74ClN11O11/c1-35(74)52(54(65)77)72-60(83)50(30-38-15-7-4-8-16-38)71-61(84)53(36(2)75)73-56(79)47(19-11-12-28-63)67-59(82)51(33-41-34-66-46-18-10-9-17-44(41)46)70-58(81)49(32-40-22-26-43(76)27-23-40)69-57(80)48(31-39-20-24-42(62)25-21-39)68-55(78)45(64)29-37-13-5-3-6-14-37/h3-10,13-18,20-27,34-36,45,47-53,66,74-76H,11-12,19,28-33,63-64H2,1-2H3,(H2,65,77)(H,67,82)(H,68,78)(H,69,80)(H,70,81)(H,71,84)(H,72,83)(H,73,79)/t35-,36-,45+,47+,48+,49+,50+,51+,52+,53+/m1/s1. The van der Waals surface area contributed by atoms with E-state index in [0.717, 1.165) is 5.56 Å². The predicted molar refractivity (Wildman–Crippen MR) is 316 cm³/mol. The van der Waals surface area contributed by atoms with Gasteiger partial charge in [0, 0.05) is 47.8 Å². The quantitative estimate of drug-likeness (QED) is 0.0272. The number of aromatic hydroxyl groups is 1. The van der Waals surface area contributed by atoms with E-state index in [-0.39, 0.29) is 57.2 Å². The van der Waals surface area contributed by atoms with Gasteiger partial charge >= 0.3 is 0 Å². The van der Waals surface area contributed by atoms with E-state index >= 15 is 0 Å². The Hall–Kier alpha value is -8.67. The Kier molecular flexibility index (Phi) is 24.3. The number of H-pyrrole nitrogens is 1. The van der Waals surface area contributed by atoms with Crippen LogP contribution in [0.3, 0.4) is 0 Å². The first-order valence-corrected chi connectivity index (χ1v) is 28.0. The van der Waals surface area contributed by atoms with Gasteiger partial charge in [0.25, 0.3) is 0 Å². The molecule has 0 saturated heterocycles. The number of halogens is 1. The maximum absolute atomic E-state index is 15.0. The average molecular weight is 1170 g/mol. The van der Waals surface area contributed by atoms with Crippen LogP contribution in [-0.2, 0) is 70.5 Å². The lowest BCUT2D eigenvalue weighted by Crippen LogP contribution is -2.62. The summed E-state index contributed by atoms with van der Waals surface area (Å²) in [6.45, 7) is 2.69. The molecule has 23 heteroatoms. The number of aliphatic hydroxyl groups excluding tert-OH is 2. The molecule has 0 aliphatic rings. The van der Waals surface area contributed by atoms with Gasteiger partial charge in [0.05, 0.1) is 18.2 Å². The number of primary amides is 1. The number of para-hydroxylation sites is 1. The van der Waals surface area contributed by atoms with Gasteiger partial charge in [-0.1, -0.05) is 115 Å². The molecule has 0 saturated carbocycles. The Morgan fingerprint density at radius 1 is 0.488 bits per heavy atom. The van der Waals surface area contributed by atoms with E-state index in [1.54, 1.807) is 79.0 Å². The number of phenols is 1. The van der Waals surface area contributed by atoms with Crippen LogP contribution in [0.5, 0.6) is 5.75 Å². The molecule has 0 spiro atoms. The molecule has 0 fully saturated rings. The highest BCUT2D eigenvalue weighted by Crippen LogP contribution is 2.21. The maximum atomic E-state index is 15.0. The molecular formula is C61H74ClN11O11. The Labute approximate surface area is 491 Å². The van der Waals surface area contributed by atoms with Crippen molar-refractivity contribution in [3.05, 3.63) is 172 Å². The number of hydrogen-bond acceptors (Lipinski definition) is 13. The van der Waals surface area contributed by atoms with Gasteiger partial charge in [0.2, 0.25) is 47.3 Å². The third-order valence-corrected chi connectivity index (χ3v) is 14.3. The molecule has 5 aromatic carbocycles. The SMILES string of the molecule is C[C@@H](O)[C@H](NC(=O)[C@H](Cc1ccccc1)NC(=O)[C@@H](NC(=O)[C@H](CCCCN)NC(=O)[C@H](Cc1c[nH]c2ccccc12)NC(=O)[C@H](Cc1ccc(O)cc1)NC(=O)[C@H](Cc1ccc(Cl)cc1)NC(=O)[C@@H](N)Cc1ccccc1)[C@@H](C)O)C(N)=O. The minimum absolute atomic E-state index is 0.0428. The van der Waals surface area contributed by atoms with Crippen LogP contribution >= 0.6 is 11.6 Å². The Bertz CT molecular complexity index is 3170. The van der Waals surface area contributed by atoms with E-state index in [1.807, 2.05) is 48.5 Å². The molecule has 0 radical (unpaired) electrons. The van der Waals surface area contributed by atoms with Crippen molar-refractivity contribution in [1.82, 2.24) is 42.2 Å². The number of nitrogens with one attached hydrogen (secondary N) is 8. The number of phenolic OH excluding ortho intramolecular Hbond substituents is 1. The summed E-state index contributed by atoms with van der Waals surface area (Å²) in [6, 6.07) is 25.9. The smallest absolute Gasteiger partial charge is 0.245 e. The van der Waals surface area contributed by atoms with Crippen LogP contribution in [-0.4, -0.2) is 135 Å². The summed E-state index contributed by atoms with van der Waals surface area (Å²) in [6.07, 6.45) is -1.05. The van der Waals surface area contributed by atoms with Crippen LogP contribution in [0, 0.1) is 0 Å². The molecule has 84 heavy (non-hydrogen) atoms. The van der Waals surface area contributed by atoms with Crippen LogP contribution in [0.25, 0.3) is 10.9 Å². The minimum Gasteiger partial charge on any atom is -0.508 e. The number of unbranched alkanes of at least 4 members (excludes halogenated alkanes) is 1. The number of aromatic nitrogens is 1. The van der Waals surface area contributed by atoms with Crippen LogP contribution in [0.1, 0.15) is 60.9 Å². The van der Waals surface area contributed by atoms with Crippen LogP contribution in [0.4, 0.5) is 0 Å². The number of hydrogen-bond donors (Lipinski definition) is 14. The van der Waals surface area contributed by atoms with Gasteiger partial charge < -0.3 is 74.7 Å².